The molecule has 2 aliphatic rings. The Morgan fingerprint density at radius 1 is 1.10 bits per heavy atom. The molecule has 1 unspecified atom stereocenters. The highest BCUT2D eigenvalue weighted by atomic mass is 16.5. The van der Waals surface area contributed by atoms with E-state index in [2.05, 4.69) is 26.5 Å². The van der Waals surface area contributed by atoms with E-state index in [-0.39, 0.29) is 5.91 Å². The first kappa shape index (κ1) is 20.5. The van der Waals surface area contributed by atoms with Crippen molar-refractivity contribution in [3.05, 3.63) is 48.0 Å². The number of para-hydroxylation sites is 2. The smallest absolute Gasteiger partial charge is 0.224 e. The highest BCUT2D eigenvalue weighted by Gasteiger charge is 2.24. The zero-order valence-corrected chi connectivity index (χ0v) is 17.4. The molecule has 2 aromatic carbocycles. The number of carbonyl (C=O) groups is 1. The van der Waals surface area contributed by atoms with Crippen LogP contribution >= 0.6 is 0 Å². The number of β-amino-alcohol motifs (C(OH)–C–C–N with tert-alkyl or cyclic N) is 1. The van der Waals surface area contributed by atoms with Crippen LogP contribution in [0.3, 0.4) is 0 Å². The molecule has 0 saturated carbocycles. The summed E-state index contributed by atoms with van der Waals surface area (Å²) in [6.45, 7) is 4.75. The fourth-order valence-corrected chi connectivity index (χ4v) is 4.25. The second kappa shape index (κ2) is 9.36. The van der Waals surface area contributed by atoms with Gasteiger partial charge >= 0.3 is 0 Å². The van der Waals surface area contributed by atoms with Crippen molar-refractivity contribution in [3.63, 3.8) is 0 Å². The van der Waals surface area contributed by atoms with E-state index in [1.165, 1.54) is 11.3 Å². The molecule has 7 nitrogen and oxygen atoms in total. The Morgan fingerprint density at radius 2 is 1.90 bits per heavy atom. The van der Waals surface area contributed by atoms with Gasteiger partial charge in [-0.05, 0) is 36.2 Å². The van der Waals surface area contributed by atoms with Crippen LogP contribution in [0.2, 0.25) is 0 Å². The number of hydrogen-bond acceptors (Lipinski definition) is 6. The summed E-state index contributed by atoms with van der Waals surface area (Å²) in [7, 11) is 1.65. The predicted molar refractivity (Wildman–Crippen MR) is 120 cm³/mol. The zero-order valence-electron chi connectivity index (χ0n) is 17.4. The number of carbonyl (C=O) groups excluding carboxylic acids is 1. The van der Waals surface area contributed by atoms with E-state index < -0.39 is 6.10 Å². The molecule has 1 fully saturated rings. The number of hydrogen-bond donors (Lipinski definition) is 3. The Hall–Kier alpha value is -2.77. The average Bonchev–Trinajstić information content (AvgIpc) is 2.78. The van der Waals surface area contributed by atoms with E-state index in [9.17, 15) is 9.90 Å². The first-order chi connectivity index (χ1) is 14.6. The summed E-state index contributed by atoms with van der Waals surface area (Å²) in [5.74, 6) is 0.876. The third-order valence-electron chi connectivity index (χ3n) is 5.84. The fraction of sp³-hybridized carbons (Fsp3) is 0.435. The summed E-state index contributed by atoms with van der Waals surface area (Å²) in [5.41, 5.74) is 4.31. The maximum Gasteiger partial charge on any atom is 0.224 e. The van der Waals surface area contributed by atoms with E-state index in [4.69, 9.17) is 4.74 Å². The lowest BCUT2D eigenvalue weighted by Crippen LogP contribution is -2.49. The van der Waals surface area contributed by atoms with E-state index in [1.807, 2.05) is 36.4 Å². The topological polar surface area (TPSA) is 77.1 Å². The van der Waals surface area contributed by atoms with Gasteiger partial charge in [-0.2, -0.15) is 0 Å². The molecule has 2 aliphatic heterocycles. The molecule has 2 heterocycles. The molecule has 3 N–H and O–H groups in total. The van der Waals surface area contributed by atoms with Crippen molar-refractivity contribution >= 4 is 23.0 Å². The lowest BCUT2D eigenvalue weighted by molar-refractivity contribution is -0.116. The summed E-state index contributed by atoms with van der Waals surface area (Å²) in [6.07, 6.45) is 0.890. The zero-order chi connectivity index (χ0) is 20.9. The summed E-state index contributed by atoms with van der Waals surface area (Å²) >= 11 is 0. The highest BCUT2D eigenvalue weighted by molar-refractivity contribution is 5.95. The minimum atomic E-state index is -0.457. The minimum absolute atomic E-state index is 0.0974. The molecular formula is C23H30N4O3. The molecule has 1 saturated heterocycles. The van der Waals surface area contributed by atoms with Gasteiger partial charge in [0.25, 0.3) is 0 Å². The Bertz CT molecular complexity index is 881. The first-order valence-electron chi connectivity index (χ1n) is 10.6. The van der Waals surface area contributed by atoms with Gasteiger partial charge in [-0.1, -0.05) is 18.2 Å². The van der Waals surface area contributed by atoms with Gasteiger partial charge in [0, 0.05) is 57.1 Å². The van der Waals surface area contributed by atoms with Gasteiger partial charge in [0.2, 0.25) is 5.91 Å². The molecule has 160 valence electrons. The number of benzene rings is 2. The molecule has 1 atom stereocenters. The van der Waals surface area contributed by atoms with Crippen LogP contribution in [0.25, 0.3) is 0 Å². The summed E-state index contributed by atoms with van der Waals surface area (Å²) in [6, 6.07) is 13.9. The number of amides is 1. The molecule has 7 heteroatoms. The number of anilines is 3. The number of aliphatic hydroxyl groups is 1. The highest BCUT2D eigenvalue weighted by Crippen LogP contribution is 2.32. The van der Waals surface area contributed by atoms with Crippen molar-refractivity contribution in [2.75, 3.05) is 61.9 Å². The number of nitrogens with zero attached hydrogens (tertiary/aromatic N) is 2. The van der Waals surface area contributed by atoms with Crippen molar-refractivity contribution in [2.24, 2.45) is 0 Å². The van der Waals surface area contributed by atoms with Crippen molar-refractivity contribution in [3.8, 4) is 5.75 Å². The van der Waals surface area contributed by atoms with Gasteiger partial charge in [0.15, 0.2) is 0 Å². The van der Waals surface area contributed by atoms with Crippen LogP contribution in [0, 0.1) is 0 Å². The fourth-order valence-electron chi connectivity index (χ4n) is 4.25. The van der Waals surface area contributed by atoms with Crippen molar-refractivity contribution < 1.29 is 14.6 Å². The number of piperazine rings is 1. The normalized spacial score (nSPS) is 17.8. The molecule has 0 aliphatic carbocycles. The summed E-state index contributed by atoms with van der Waals surface area (Å²) in [4.78, 5) is 16.4. The quantitative estimate of drug-likeness (QED) is 0.650. The molecule has 4 rings (SSSR count). The molecular weight excluding hydrogens is 380 g/mol. The SMILES string of the molecule is COc1ccccc1NCC(O)CN1CCN(c2cccc3c2CCC(=O)N3)CC1. The maximum atomic E-state index is 11.7. The van der Waals surface area contributed by atoms with Crippen LogP contribution in [-0.4, -0.2) is 68.4 Å². The van der Waals surface area contributed by atoms with Gasteiger partial charge in [-0.3, -0.25) is 9.69 Å². The standard InChI is InChI=1S/C23H30N4O3/c1-30-22-8-3-2-5-20(22)24-15-17(28)16-26-11-13-27(14-12-26)21-7-4-6-19-18(21)9-10-23(29)25-19/h2-8,17,24,28H,9-16H2,1H3,(H,25,29). The first-order valence-corrected chi connectivity index (χ1v) is 10.6. The van der Waals surface area contributed by atoms with Gasteiger partial charge in [0.05, 0.1) is 18.9 Å². The minimum Gasteiger partial charge on any atom is -0.495 e. The molecule has 1 amide bonds. The number of rotatable bonds is 7. The van der Waals surface area contributed by atoms with E-state index in [0.29, 0.717) is 19.5 Å². The van der Waals surface area contributed by atoms with E-state index in [0.717, 1.165) is 49.7 Å². The maximum absolute atomic E-state index is 11.7. The second-order valence-corrected chi connectivity index (χ2v) is 7.87. The molecule has 2 aromatic rings. The monoisotopic (exact) mass is 410 g/mol. The van der Waals surface area contributed by atoms with Gasteiger partial charge < -0.3 is 25.4 Å². The number of aliphatic hydroxyl groups excluding tert-OH is 1. The molecule has 0 radical (unpaired) electrons. The Kier molecular flexibility index (Phi) is 6.40. The lowest BCUT2D eigenvalue weighted by Gasteiger charge is -2.38. The summed E-state index contributed by atoms with van der Waals surface area (Å²) in [5, 5.41) is 16.8. The van der Waals surface area contributed by atoms with E-state index >= 15 is 0 Å². The Labute approximate surface area is 177 Å². The third-order valence-corrected chi connectivity index (χ3v) is 5.84. The summed E-state index contributed by atoms with van der Waals surface area (Å²) < 4.78 is 5.34. The molecule has 0 bridgehead atoms. The van der Waals surface area contributed by atoms with Crippen LogP contribution in [0.15, 0.2) is 42.5 Å². The molecule has 30 heavy (non-hydrogen) atoms. The number of nitrogens with one attached hydrogen (secondary N) is 2. The van der Waals surface area contributed by atoms with Crippen molar-refractivity contribution in [1.29, 1.82) is 0 Å². The van der Waals surface area contributed by atoms with Crippen molar-refractivity contribution in [2.45, 2.75) is 18.9 Å². The lowest BCUT2D eigenvalue weighted by atomic mass is 10.00. The van der Waals surface area contributed by atoms with Crippen LogP contribution in [-0.2, 0) is 11.2 Å². The molecule has 0 spiro atoms. The van der Waals surface area contributed by atoms with E-state index in [1.54, 1.807) is 7.11 Å². The number of fused-ring (bicyclic) bond motifs is 1. The molecule has 0 aromatic heterocycles. The predicted octanol–water partition coefficient (Wildman–Crippen LogP) is 2.17. The number of ether oxygens (including phenoxy) is 1. The Morgan fingerprint density at radius 3 is 2.70 bits per heavy atom. The van der Waals surface area contributed by atoms with Crippen LogP contribution in [0.1, 0.15) is 12.0 Å². The Balaban J connectivity index is 1.28. The number of methoxy groups -OCH3 is 1. The third kappa shape index (κ3) is 4.68. The van der Waals surface area contributed by atoms with Crippen molar-refractivity contribution in [1.82, 2.24) is 4.90 Å². The average molecular weight is 411 g/mol. The van der Waals surface area contributed by atoms with Gasteiger partial charge in [-0.25, -0.2) is 0 Å². The second-order valence-electron chi connectivity index (χ2n) is 7.87. The van der Waals surface area contributed by atoms with Gasteiger partial charge in [0.1, 0.15) is 5.75 Å². The van der Waals surface area contributed by atoms with Gasteiger partial charge in [-0.15, -0.1) is 0 Å². The largest absolute Gasteiger partial charge is 0.495 e. The van der Waals surface area contributed by atoms with Crippen LogP contribution < -0.4 is 20.3 Å². The van der Waals surface area contributed by atoms with Crippen LogP contribution in [0.5, 0.6) is 5.75 Å². The van der Waals surface area contributed by atoms with Crippen LogP contribution in [0.4, 0.5) is 17.1 Å².